The molecule has 0 saturated carbocycles. The summed E-state index contributed by atoms with van der Waals surface area (Å²) in [6, 6.07) is 7.68. The summed E-state index contributed by atoms with van der Waals surface area (Å²) in [5, 5.41) is 1.90. The normalized spacial score (nSPS) is 17.1. The molecule has 0 aromatic heterocycles. The monoisotopic (exact) mass is 385 g/mol. The van der Waals surface area contributed by atoms with Gasteiger partial charge in [-0.3, -0.25) is 0 Å². The van der Waals surface area contributed by atoms with Gasteiger partial charge in [0.1, 0.15) is 0 Å². The molecule has 1 aromatic rings. The number of methoxy groups -OCH3 is 2. The van der Waals surface area contributed by atoms with Crippen LogP contribution in [0.2, 0.25) is 5.32 Å². The van der Waals surface area contributed by atoms with Crippen LogP contribution in [0.15, 0.2) is 24.3 Å². The van der Waals surface area contributed by atoms with Crippen molar-refractivity contribution in [3.8, 4) is 5.75 Å². The predicted molar refractivity (Wildman–Crippen MR) is 88.6 cm³/mol. The summed E-state index contributed by atoms with van der Waals surface area (Å²) in [7, 11) is 3.03. The molecule has 23 heavy (non-hydrogen) atoms. The fourth-order valence-electron chi connectivity index (χ4n) is 2.66. The average Bonchev–Trinajstić information content (AvgIpc) is 3.08. The number of carbonyl (C=O) groups excluding carboxylic acids is 2. The van der Waals surface area contributed by atoms with E-state index in [1.807, 2.05) is 12.1 Å². The Bertz CT molecular complexity index is 532. The van der Waals surface area contributed by atoms with Crippen LogP contribution in [0.4, 0.5) is 0 Å². The summed E-state index contributed by atoms with van der Waals surface area (Å²) >= 11 is 0.380. The first-order valence-corrected chi connectivity index (χ1v) is 10.2. The van der Waals surface area contributed by atoms with Gasteiger partial charge in [-0.2, -0.15) is 0 Å². The zero-order valence-corrected chi connectivity index (χ0v) is 15.3. The van der Waals surface area contributed by atoms with E-state index in [0.717, 1.165) is 29.2 Å². The molecule has 2 rings (SSSR count). The van der Waals surface area contributed by atoms with Crippen LogP contribution >= 0.6 is 0 Å². The molecule has 0 radical (unpaired) electrons. The van der Waals surface area contributed by atoms with Crippen molar-refractivity contribution >= 4 is 26.8 Å². The molecule has 1 aliphatic heterocycles. The van der Waals surface area contributed by atoms with Crippen LogP contribution in [0.3, 0.4) is 0 Å². The zero-order chi connectivity index (χ0) is 16.7. The van der Waals surface area contributed by atoms with E-state index in [1.54, 1.807) is 12.0 Å². The van der Waals surface area contributed by atoms with E-state index in [1.165, 1.54) is 12.7 Å². The Kier molecular flexibility index (Phi) is 6.93. The standard InChI is InChI=1S/C17H23NO4Se/c1-21-14-7-5-13(6-8-14)12-23-11-9-16(19)18-10-3-4-15(18)17(20)22-2/h5-8,15H,3-4,9-12H2,1-2H3/t15-/m0/s1. The number of benzene rings is 1. The van der Waals surface area contributed by atoms with Crippen molar-refractivity contribution in [1.82, 2.24) is 4.90 Å². The summed E-state index contributed by atoms with van der Waals surface area (Å²) < 4.78 is 9.92. The number of rotatable bonds is 7. The van der Waals surface area contributed by atoms with Crippen LogP contribution in [0.25, 0.3) is 0 Å². The van der Waals surface area contributed by atoms with E-state index in [2.05, 4.69) is 12.1 Å². The van der Waals surface area contributed by atoms with Gasteiger partial charge in [0.25, 0.3) is 0 Å². The van der Waals surface area contributed by atoms with E-state index in [-0.39, 0.29) is 17.9 Å². The minimum absolute atomic E-state index is 0.0782. The van der Waals surface area contributed by atoms with Crippen molar-refractivity contribution in [2.45, 2.75) is 35.9 Å². The molecule has 0 unspecified atom stereocenters. The van der Waals surface area contributed by atoms with Crippen LogP contribution in [0.1, 0.15) is 24.8 Å². The Morgan fingerprint density at radius 1 is 1.26 bits per heavy atom. The second-order valence-electron chi connectivity index (χ2n) is 5.42. The maximum absolute atomic E-state index is 12.3. The quantitative estimate of drug-likeness (QED) is 0.409. The number of nitrogens with zero attached hydrogens (tertiary/aromatic N) is 1. The Morgan fingerprint density at radius 3 is 2.65 bits per heavy atom. The summed E-state index contributed by atoms with van der Waals surface area (Å²) in [6.07, 6.45) is 2.11. The van der Waals surface area contributed by atoms with Crippen LogP contribution in [0, 0.1) is 0 Å². The molecule has 1 aromatic carbocycles. The summed E-state index contributed by atoms with van der Waals surface area (Å²) in [6.45, 7) is 0.671. The van der Waals surface area contributed by atoms with Crippen LogP contribution in [0.5, 0.6) is 5.75 Å². The number of carbonyl (C=O) groups is 2. The van der Waals surface area contributed by atoms with Gasteiger partial charge in [-0.05, 0) is 0 Å². The van der Waals surface area contributed by atoms with Gasteiger partial charge >= 0.3 is 143 Å². The molecule has 126 valence electrons. The van der Waals surface area contributed by atoms with E-state index in [4.69, 9.17) is 9.47 Å². The summed E-state index contributed by atoms with van der Waals surface area (Å²) in [4.78, 5) is 25.6. The topological polar surface area (TPSA) is 55.8 Å². The van der Waals surface area contributed by atoms with Crippen molar-refractivity contribution in [1.29, 1.82) is 0 Å². The summed E-state index contributed by atoms with van der Waals surface area (Å²) in [5.41, 5.74) is 1.27. The molecular formula is C17H23NO4Se. The van der Waals surface area contributed by atoms with E-state index < -0.39 is 0 Å². The molecule has 1 saturated heterocycles. The Morgan fingerprint density at radius 2 is 2.00 bits per heavy atom. The average molecular weight is 384 g/mol. The molecule has 0 spiro atoms. The van der Waals surface area contributed by atoms with Crippen LogP contribution in [-0.4, -0.2) is 58.5 Å². The Labute approximate surface area is 143 Å². The molecule has 1 fully saturated rings. The number of ether oxygens (including phenoxy) is 2. The fourth-order valence-corrected chi connectivity index (χ4v) is 4.53. The number of esters is 1. The molecule has 0 N–H and O–H groups in total. The van der Waals surface area contributed by atoms with E-state index in [0.29, 0.717) is 27.9 Å². The Hall–Kier alpha value is -1.52. The number of amides is 1. The van der Waals surface area contributed by atoms with Gasteiger partial charge in [0.2, 0.25) is 0 Å². The van der Waals surface area contributed by atoms with Crippen molar-refractivity contribution in [2.75, 3.05) is 20.8 Å². The third kappa shape index (κ3) is 4.98. The molecule has 1 heterocycles. The van der Waals surface area contributed by atoms with Gasteiger partial charge < -0.3 is 0 Å². The van der Waals surface area contributed by atoms with E-state index in [9.17, 15) is 9.59 Å². The molecule has 1 amide bonds. The second kappa shape index (κ2) is 8.94. The van der Waals surface area contributed by atoms with E-state index >= 15 is 0 Å². The Balaban J connectivity index is 1.72. The van der Waals surface area contributed by atoms with Gasteiger partial charge in [0.15, 0.2) is 0 Å². The van der Waals surface area contributed by atoms with Crippen molar-refractivity contribution in [2.24, 2.45) is 0 Å². The fraction of sp³-hybridized carbons (Fsp3) is 0.529. The van der Waals surface area contributed by atoms with Crippen molar-refractivity contribution in [3.63, 3.8) is 0 Å². The molecule has 1 atom stereocenters. The summed E-state index contributed by atoms with van der Waals surface area (Å²) in [5.74, 6) is 0.647. The van der Waals surface area contributed by atoms with Gasteiger partial charge in [0, 0.05) is 0 Å². The third-order valence-electron chi connectivity index (χ3n) is 3.93. The SMILES string of the molecule is COC(=O)[C@@H]1CCCN1C(=O)CC[Se]Cc1ccc(OC)cc1. The number of hydrogen-bond donors (Lipinski definition) is 0. The first kappa shape index (κ1) is 17.8. The molecule has 6 heteroatoms. The van der Waals surface area contributed by atoms with Crippen molar-refractivity contribution in [3.05, 3.63) is 29.8 Å². The van der Waals surface area contributed by atoms with Gasteiger partial charge in [-0.15, -0.1) is 0 Å². The van der Waals surface area contributed by atoms with Crippen LogP contribution in [-0.2, 0) is 19.6 Å². The first-order valence-electron chi connectivity index (χ1n) is 7.73. The maximum atomic E-state index is 12.3. The molecular weight excluding hydrogens is 361 g/mol. The van der Waals surface area contributed by atoms with Crippen molar-refractivity contribution < 1.29 is 19.1 Å². The predicted octanol–water partition coefficient (Wildman–Crippen LogP) is 1.87. The van der Waals surface area contributed by atoms with Crippen LogP contribution < -0.4 is 4.74 Å². The molecule has 0 aliphatic carbocycles. The molecule has 0 bridgehead atoms. The molecule has 1 aliphatic rings. The van der Waals surface area contributed by atoms with Gasteiger partial charge in [-0.25, -0.2) is 0 Å². The third-order valence-corrected chi connectivity index (χ3v) is 6.10. The minimum atomic E-state index is -0.374. The second-order valence-corrected chi connectivity index (χ2v) is 7.74. The zero-order valence-electron chi connectivity index (χ0n) is 13.6. The first-order chi connectivity index (χ1) is 11.2. The van der Waals surface area contributed by atoms with Gasteiger partial charge in [-0.1, -0.05) is 0 Å². The number of likely N-dealkylation sites (tertiary alicyclic amines) is 1. The number of hydrogen-bond acceptors (Lipinski definition) is 4. The molecule has 5 nitrogen and oxygen atoms in total. The van der Waals surface area contributed by atoms with Gasteiger partial charge in [0.05, 0.1) is 0 Å².